The van der Waals surface area contributed by atoms with Crippen LogP contribution in [0.1, 0.15) is 15.9 Å². The van der Waals surface area contributed by atoms with Gasteiger partial charge in [-0.2, -0.15) is 4.31 Å². The van der Waals surface area contributed by atoms with E-state index in [-0.39, 0.29) is 18.3 Å². The molecule has 2 N–H and O–H groups in total. The minimum Gasteiger partial charge on any atom is -0.399 e. The topological polar surface area (TPSA) is 83.7 Å². The molecule has 21 heavy (non-hydrogen) atoms. The second-order valence-corrected chi connectivity index (χ2v) is 7.01. The van der Waals surface area contributed by atoms with Crippen LogP contribution in [0.25, 0.3) is 0 Å². The SMILES string of the molecule is Cc1ccc(N)cc1C(=O)N1CCN(S(C)(=O)=O)CC1.Cl. The average molecular weight is 334 g/mol. The Kier molecular flexibility index (Phi) is 5.61. The maximum Gasteiger partial charge on any atom is 0.254 e. The van der Waals surface area contributed by atoms with Crippen molar-refractivity contribution in [2.24, 2.45) is 0 Å². The van der Waals surface area contributed by atoms with Gasteiger partial charge in [-0.05, 0) is 24.6 Å². The van der Waals surface area contributed by atoms with Gasteiger partial charge in [-0.1, -0.05) is 6.07 Å². The van der Waals surface area contributed by atoms with Crippen LogP contribution in [0.5, 0.6) is 0 Å². The Hall–Kier alpha value is -1.31. The van der Waals surface area contributed by atoms with Gasteiger partial charge in [0.1, 0.15) is 0 Å². The molecule has 1 heterocycles. The van der Waals surface area contributed by atoms with Crippen LogP contribution in [0.2, 0.25) is 0 Å². The Bertz CT molecular complexity index is 626. The molecule has 0 unspecified atom stereocenters. The van der Waals surface area contributed by atoms with E-state index in [0.29, 0.717) is 37.4 Å². The van der Waals surface area contributed by atoms with Gasteiger partial charge in [-0.3, -0.25) is 4.79 Å². The van der Waals surface area contributed by atoms with Crippen molar-refractivity contribution in [1.82, 2.24) is 9.21 Å². The zero-order valence-corrected chi connectivity index (χ0v) is 13.7. The van der Waals surface area contributed by atoms with Crippen molar-refractivity contribution in [3.05, 3.63) is 29.3 Å². The molecule has 0 bridgehead atoms. The highest BCUT2D eigenvalue weighted by Crippen LogP contribution is 2.16. The molecule has 0 radical (unpaired) electrons. The van der Waals surface area contributed by atoms with E-state index in [2.05, 4.69) is 0 Å². The second kappa shape index (κ2) is 6.64. The lowest BCUT2D eigenvalue weighted by atomic mass is 10.1. The molecule has 0 spiro atoms. The summed E-state index contributed by atoms with van der Waals surface area (Å²) in [5, 5.41) is 0. The monoisotopic (exact) mass is 333 g/mol. The van der Waals surface area contributed by atoms with Crippen LogP contribution in [0, 0.1) is 6.92 Å². The van der Waals surface area contributed by atoms with Crippen LogP contribution in [-0.4, -0.2) is 56.0 Å². The molecule has 1 amide bonds. The summed E-state index contributed by atoms with van der Waals surface area (Å²) in [7, 11) is -3.18. The zero-order chi connectivity index (χ0) is 14.9. The summed E-state index contributed by atoms with van der Waals surface area (Å²) in [5.41, 5.74) is 7.72. The summed E-state index contributed by atoms with van der Waals surface area (Å²) in [4.78, 5) is 14.1. The first-order chi connectivity index (χ1) is 9.29. The van der Waals surface area contributed by atoms with E-state index in [1.165, 1.54) is 10.6 Å². The first kappa shape index (κ1) is 17.7. The Balaban J connectivity index is 0.00000220. The van der Waals surface area contributed by atoms with Gasteiger partial charge in [0.2, 0.25) is 10.0 Å². The lowest BCUT2D eigenvalue weighted by molar-refractivity contribution is 0.0697. The van der Waals surface area contributed by atoms with E-state index < -0.39 is 10.0 Å². The molecule has 8 heteroatoms. The van der Waals surface area contributed by atoms with Crippen molar-refractivity contribution in [3.63, 3.8) is 0 Å². The number of piperazine rings is 1. The van der Waals surface area contributed by atoms with Gasteiger partial charge >= 0.3 is 0 Å². The predicted octanol–water partition coefficient (Wildman–Crippen LogP) is 0.716. The first-order valence-electron chi connectivity index (χ1n) is 6.39. The number of hydrogen-bond acceptors (Lipinski definition) is 4. The summed E-state index contributed by atoms with van der Waals surface area (Å²) in [6.07, 6.45) is 1.19. The summed E-state index contributed by atoms with van der Waals surface area (Å²) < 4.78 is 24.3. The molecule has 1 fully saturated rings. The third kappa shape index (κ3) is 4.09. The van der Waals surface area contributed by atoms with Gasteiger partial charge in [0.15, 0.2) is 0 Å². The number of sulfonamides is 1. The van der Waals surface area contributed by atoms with E-state index in [0.717, 1.165) is 5.56 Å². The smallest absolute Gasteiger partial charge is 0.254 e. The summed E-state index contributed by atoms with van der Waals surface area (Å²) in [5.74, 6) is -0.0945. The van der Waals surface area contributed by atoms with E-state index in [1.54, 1.807) is 17.0 Å². The zero-order valence-electron chi connectivity index (χ0n) is 12.1. The highest BCUT2D eigenvalue weighted by Gasteiger charge is 2.27. The number of amides is 1. The third-order valence-electron chi connectivity index (χ3n) is 3.49. The minimum absolute atomic E-state index is 0. The molecule has 0 aromatic heterocycles. The molecule has 1 aromatic carbocycles. The molecule has 1 saturated heterocycles. The lowest BCUT2D eigenvalue weighted by Gasteiger charge is -2.33. The van der Waals surface area contributed by atoms with E-state index in [4.69, 9.17) is 5.73 Å². The fraction of sp³-hybridized carbons (Fsp3) is 0.462. The highest BCUT2D eigenvalue weighted by atomic mass is 35.5. The van der Waals surface area contributed by atoms with Crippen LogP contribution < -0.4 is 5.73 Å². The van der Waals surface area contributed by atoms with Crippen molar-refractivity contribution >= 4 is 34.0 Å². The standard InChI is InChI=1S/C13H19N3O3S.ClH/c1-10-3-4-11(14)9-12(10)13(17)15-5-7-16(8-6-15)20(2,18)19;/h3-4,9H,5-8,14H2,1-2H3;1H. The van der Waals surface area contributed by atoms with Crippen LogP contribution in [0.3, 0.4) is 0 Å². The fourth-order valence-electron chi connectivity index (χ4n) is 2.26. The van der Waals surface area contributed by atoms with Crippen molar-refractivity contribution < 1.29 is 13.2 Å². The number of rotatable bonds is 2. The molecule has 1 aliphatic heterocycles. The molecule has 118 valence electrons. The number of carbonyl (C=O) groups excluding carboxylic acids is 1. The largest absolute Gasteiger partial charge is 0.399 e. The molecule has 6 nitrogen and oxygen atoms in total. The summed E-state index contributed by atoms with van der Waals surface area (Å²) in [6, 6.07) is 5.24. The van der Waals surface area contributed by atoms with Gasteiger partial charge < -0.3 is 10.6 Å². The van der Waals surface area contributed by atoms with Gasteiger partial charge in [0.25, 0.3) is 5.91 Å². The number of hydrogen-bond donors (Lipinski definition) is 1. The minimum atomic E-state index is -3.18. The number of nitrogens with zero attached hydrogens (tertiary/aromatic N) is 2. The summed E-state index contributed by atoms with van der Waals surface area (Å²) in [6.45, 7) is 3.34. The number of carbonyl (C=O) groups is 1. The van der Waals surface area contributed by atoms with Crippen molar-refractivity contribution in [2.45, 2.75) is 6.92 Å². The molecule has 0 saturated carbocycles. The van der Waals surface area contributed by atoms with Crippen LogP contribution in [0.15, 0.2) is 18.2 Å². The van der Waals surface area contributed by atoms with Gasteiger partial charge in [0, 0.05) is 37.4 Å². The van der Waals surface area contributed by atoms with E-state index >= 15 is 0 Å². The number of aryl methyl sites for hydroxylation is 1. The molecule has 2 rings (SSSR count). The number of benzene rings is 1. The Morgan fingerprint density at radius 3 is 2.29 bits per heavy atom. The van der Waals surface area contributed by atoms with Crippen LogP contribution >= 0.6 is 12.4 Å². The number of nitrogens with two attached hydrogens (primary N) is 1. The van der Waals surface area contributed by atoms with Crippen LogP contribution in [-0.2, 0) is 10.0 Å². The van der Waals surface area contributed by atoms with Gasteiger partial charge in [-0.25, -0.2) is 8.42 Å². The van der Waals surface area contributed by atoms with Gasteiger partial charge in [-0.15, -0.1) is 12.4 Å². The second-order valence-electron chi connectivity index (χ2n) is 5.03. The maximum absolute atomic E-state index is 12.4. The van der Waals surface area contributed by atoms with E-state index in [9.17, 15) is 13.2 Å². The molecular formula is C13H20ClN3O3S. The Morgan fingerprint density at radius 1 is 1.19 bits per heavy atom. The molecule has 1 aromatic rings. The number of halogens is 1. The normalized spacial score (nSPS) is 16.4. The van der Waals surface area contributed by atoms with Crippen LogP contribution in [0.4, 0.5) is 5.69 Å². The molecule has 0 aliphatic carbocycles. The van der Waals surface area contributed by atoms with Gasteiger partial charge in [0.05, 0.1) is 6.26 Å². The highest BCUT2D eigenvalue weighted by molar-refractivity contribution is 7.88. The fourth-order valence-corrected chi connectivity index (χ4v) is 3.09. The molecular weight excluding hydrogens is 314 g/mol. The predicted molar refractivity (Wildman–Crippen MR) is 85.2 cm³/mol. The van der Waals surface area contributed by atoms with Crippen molar-refractivity contribution in [1.29, 1.82) is 0 Å². The van der Waals surface area contributed by atoms with E-state index in [1.807, 2.05) is 13.0 Å². The third-order valence-corrected chi connectivity index (χ3v) is 4.79. The lowest BCUT2D eigenvalue weighted by Crippen LogP contribution is -2.50. The molecule has 1 aliphatic rings. The quantitative estimate of drug-likeness (QED) is 0.808. The Morgan fingerprint density at radius 2 is 1.76 bits per heavy atom. The van der Waals surface area contributed by atoms with Crippen molar-refractivity contribution in [3.8, 4) is 0 Å². The first-order valence-corrected chi connectivity index (χ1v) is 8.24. The van der Waals surface area contributed by atoms with Crippen molar-refractivity contribution in [2.75, 3.05) is 38.2 Å². The average Bonchev–Trinajstić information content (AvgIpc) is 2.40. The molecule has 0 atom stereocenters. The maximum atomic E-state index is 12.4. The number of nitrogen functional groups attached to an aromatic ring is 1. The summed E-state index contributed by atoms with van der Waals surface area (Å²) >= 11 is 0. The Labute approximate surface area is 131 Å². The number of anilines is 1.